The van der Waals surface area contributed by atoms with Crippen molar-refractivity contribution in [3.63, 3.8) is 0 Å². The molecule has 0 spiro atoms. The normalized spacial score (nSPS) is 11.7. The Balaban J connectivity index is 1.40. The molecule has 0 saturated carbocycles. The predicted molar refractivity (Wildman–Crippen MR) is 145 cm³/mol. The van der Waals surface area contributed by atoms with Crippen LogP contribution in [0.2, 0.25) is 0 Å². The van der Waals surface area contributed by atoms with Crippen molar-refractivity contribution in [3.8, 4) is 17.1 Å². The van der Waals surface area contributed by atoms with E-state index in [1.165, 1.54) is 5.56 Å². The summed E-state index contributed by atoms with van der Waals surface area (Å²) in [5, 5.41) is 8.60. The second kappa shape index (κ2) is 10.5. The third kappa shape index (κ3) is 5.08. The van der Waals surface area contributed by atoms with E-state index in [2.05, 4.69) is 58.9 Å². The van der Waals surface area contributed by atoms with Crippen LogP contribution in [0.3, 0.4) is 0 Å². The number of nitrogens with zero attached hydrogens (tertiary/aromatic N) is 7. The Labute approximate surface area is 215 Å². The minimum absolute atomic E-state index is 0.208. The number of aromatic amines is 1. The summed E-state index contributed by atoms with van der Waals surface area (Å²) in [5.41, 5.74) is 6.01. The van der Waals surface area contributed by atoms with Crippen LogP contribution in [0.1, 0.15) is 50.4 Å². The zero-order valence-corrected chi connectivity index (χ0v) is 21.7. The lowest BCUT2D eigenvalue weighted by Crippen LogP contribution is -2.22. The van der Waals surface area contributed by atoms with Gasteiger partial charge < -0.3 is 4.98 Å². The summed E-state index contributed by atoms with van der Waals surface area (Å²) in [6.07, 6.45) is 3.65. The summed E-state index contributed by atoms with van der Waals surface area (Å²) in [5.74, 6) is 0.951. The SMILES string of the molecule is CCN(CC)Cc1cn(-c2ccc(Cn3c(=O)[nH]c4cnc(-c5ccccc5C(C)C)nc43)cc2)nn1. The molecule has 0 atom stereocenters. The van der Waals surface area contributed by atoms with Gasteiger partial charge in [-0.05, 0) is 42.3 Å². The van der Waals surface area contributed by atoms with Crippen LogP contribution in [-0.4, -0.2) is 52.5 Å². The first-order valence-corrected chi connectivity index (χ1v) is 12.7. The molecule has 0 bridgehead atoms. The molecule has 5 aromatic rings. The van der Waals surface area contributed by atoms with Gasteiger partial charge >= 0.3 is 5.69 Å². The van der Waals surface area contributed by atoms with Gasteiger partial charge in [0.2, 0.25) is 0 Å². The fourth-order valence-corrected chi connectivity index (χ4v) is 4.54. The number of hydrogen-bond donors (Lipinski definition) is 1. The van der Waals surface area contributed by atoms with Gasteiger partial charge in [-0.2, -0.15) is 0 Å². The Hall–Kier alpha value is -4.11. The van der Waals surface area contributed by atoms with Gasteiger partial charge in [0.25, 0.3) is 0 Å². The molecule has 0 unspecified atom stereocenters. The van der Waals surface area contributed by atoms with E-state index in [1.807, 2.05) is 48.7 Å². The van der Waals surface area contributed by atoms with Gasteiger partial charge in [0.05, 0.1) is 30.3 Å². The number of hydrogen-bond acceptors (Lipinski definition) is 6. The van der Waals surface area contributed by atoms with Crippen LogP contribution in [-0.2, 0) is 13.1 Å². The van der Waals surface area contributed by atoms with E-state index in [9.17, 15) is 4.79 Å². The maximum atomic E-state index is 12.8. The molecule has 2 aromatic carbocycles. The molecule has 0 aliphatic rings. The molecule has 190 valence electrons. The van der Waals surface area contributed by atoms with Gasteiger partial charge in [-0.3, -0.25) is 9.47 Å². The molecule has 1 N–H and O–H groups in total. The summed E-state index contributed by atoms with van der Waals surface area (Å²) in [4.78, 5) is 27.3. The standard InChI is InChI=1S/C28H32N8O/c1-5-34(6-2)17-21-18-36(33-32-21)22-13-11-20(12-14-22)16-35-27-25(30-28(35)37)15-29-26(31-27)24-10-8-7-9-23(24)19(3)4/h7-15,18-19H,5-6,16-17H2,1-4H3,(H,30,37). The highest BCUT2D eigenvalue weighted by Crippen LogP contribution is 2.27. The van der Waals surface area contributed by atoms with E-state index in [4.69, 9.17) is 4.98 Å². The highest BCUT2D eigenvalue weighted by molar-refractivity contribution is 5.73. The zero-order chi connectivity index (χ0) is 25.9. The average Bonchev–Trinajstić information content (AvgIpc) is 3.51. The Bertz CT molecular complexity index is 1560. The minimum atomic E-state index is -0.208. The number of imidazole rings is 1. The van der Waals surface area contributed by atoms with E-state index >= 15 is 0 Å². The first-order valence-electron chi connectivity index (χ1n) is 12.7. The summed E-state index contributed by atoms with van der Waals surface area (Å²) < 4.78 is 3.44. The van der Waals surface area contributed by atoms with Gasteiger partial charge in [0.15, 0.2) is 11.5 Å². The fraction of sp³-hybridized carbons (Fsp3) is 0.321. The number of H-pyrrole nitrogens is 1. The lowest BCUT2D eigenvalue weighted by molar-refractivity contribution is 0.292. The number of fused-ring (bicyclic) bond motifs is 1. The first-order chi connectivity index (χ1) is 18.0. The lowest BCUT2D eigenvalue weighted by atomic mass is 9.97. The van der Waals surface area contributed by atoms with Gasteiger partial charge in [-0.1, -0.05) is 69.3 Å². The number of aromatic nitrogens is 7. The Kier molecular flexibility index (Phi) is 6.96. The second-order valence-corrected chi connectivity index (χ2v) is 9.47. The number of nitrogens with one attached hydrogen (secondary N) is 1. The van der Waals surface area contributed by atoms with Crippen molar-refractivity contribution >= 4 is 11.2 Å². The highest BCUT2D eigenvalue weighted by atomic mass is 16.1. The quantitative estimate of drug-likeness (QED) is 0.325. The Morgan fingerprint density at radius 3 is 2.51 bits per heavy atom. The van der Waals surface area contributed by atoms with Crippen LogP contribution >= 0.6 is 0 Å². The molecule has 3 aromatic heterocycles. The molecular weight excluding hydrogens is 464 g/mol. The summed E-state index contributed by atoms with van der Waals surface area (Å²) >= 11 is 0. The summed E-state index contributed by atoms with van der Waals surface area (Å²) in [6, 6.07) is 16.1. The largest absolute Gasteiger partial charge is 0.328 e. The molecule has 0 aliphatic heterocycles. The van der Waals surface area contributed by atoms with E-state index in [1.54, 1.807) is 15.4 Å². The van der Waals surface area contributed by atoms with Crippen LogP contribution in [0.4, 0.5) is 0 Å². The molecular formula is C28H32N8O. The number of benzene rings is 2. The molecule has 9 nitrogen and oxygen atoms in total. The molecule has 5 rings (SSSR count). The van der Waals surface area contributed by atoms with Crippen molar-refractivity contribution in [2.45, 2.75) is 46.7 Å². The van der Waals surface area contributed by atoms with Gasteiger partial charge in [0, 0.05) is 12.1 Å². The minimum Gasteiger partial charge on any atom is -0.303 e. The third-order valence-electron chi connectivity index (χ3n) is 6.70. The van der Waals surface area contributed by atoms with Crippen LogP contribution in [0, 0.1) is 0 Å². The van der Waals surface area contributed by atoms with Crippen molar-refractivity contribution in [2.24, 2.45) is 0 Å². The van der Waals surface area contributed by atoms with Crippen LogP contribution in [0.15, 0.2) is 65.7 Å². The van der Waals surface area contributed by atoms with E-state index in [-0.39, 0.29) is 5.69 Å². The smallest absolute Gasteiger partial charge is 0.303 e. The summed E-state index contributed by atoms with van der Waals surface area (Å²) in [6.45, 7) is 11.7. The van der Waals surface area contributed by atoms with Crippen molar-refractivity contribution in [1.82, 2.24) is 39.4 Å². The maximum absolute atomic E-state index is 12.8. The van der Waals surface area contributed by atoms with Gasteiger partial charge in [-0.25, -0.2) is 19.4 Å². The zero-order valence-electron chi connectivity index (χ0n) is 21.7. The van der Waals surface area contributed by atoms with Crippen molar-refractivity contribution in [3.05, 3.63) is 88.2 Å². The van der Waals surface area contributed by atoms with Crippen LogP contribution in [0.5, 0.6) is 0 Å². The van der Waals surface area contributed by atoms with Gasteiger partial charge in [-0.15, -0.1) is 5.10 Å². The molecule has 0 amide bonds. The monoisotopic (exact) mass is 496 g/mol. The molecule has 0 aliphatic carbocycles. The number of rotatable bonds is 9. The first kappa shape index (κ1) is 24.6. The second-order valence-electron chi connectivity index (χ2n) is 9.47. The average molecular weight is 497 g/mol. The highest BCUT2D eigenvalue weighted by Gasteiger charge is 2.15. The van der Waals surface area contributed by atoms with E-state index in [0.717, 1.165) is 42.1 Å². The topological polar surface area (TPSA) is 97.5 Å². The maximum Gasteiger partial charge on any atom is 0.328 e. The Morgan fingerprint density at radius 2 is 1.78 bits per heavy atom. The molecule has 37 heavy (non-hydrogen) atoms. The molecule has 0 radical (unpaired) electrons. The molecule has 9 heteroatoms. The van der Waals surface area contributed by atoms with Gasteiger partial charge in [0.1, 0.15) is 5.52 Å². The fourth-order valence-electron chi connectivity index (χ4n) is 4.54. The van der Waals surface area contributed by atoms with Crippen molar-refractivity contribution in [1.29, 1.82) is 0 Å². The third-order valence-corrected chi connectivity index (χ3v) is 6.70. The predicted octanol–water partition coefficient (Wildman–Crippen LogP) is 4.38. The lowest BCUT2D eigenvalue weighted by Gasteiger charge is -2.15. The molecule has 0 fully saturated rings. The van der Waals surface area contributed by atoms with Crippen LogP contribution in [0.25, 0.3) is 28.2 Å². The van der Waals surface area contributed by atoms with Crippen LogP contribution < -0.4 is 5.69 Å². The van der Waals surface area contributed by atoms with Crippen molar-refractivity contribution < 1.29 is 0 Å². The molecule has 0 saturated heterocycles. The summed E-state index contributed by atoms with van der Waals surface area (Å²) in [7, 11) is 0. The Morgan fingerprint density at radius 1 is 1.03 bits per heavy atom. The van der Waals surface area contributed by atoms with E-state index < -0.39 is 0 Å². The molecule has 3 heterocycles. The van der Waals surface area contributed by atoms with E-state index in [0.29, 0.717) is 29.5 Å². The van der Waals surface area contributed by atoms with Crippen molar-refractivity contribution in [2.75, 3.05) is 13.1 Å².